The third kappa shape index (κ3) is 3.39. The van der Waals surface area contributed by atoms with Crippen molar-refractivity contribution in [1.29, 1.82) is 0 Å². The minimum Gasteiger partial charge on any atom is -0.478 e. The van der Waals surface area contributed by atoms with Crippen LogP contribution >= 0.6 is 15.9 Å². The molecule has 0 bridgehead atoms. The van der Waals surface area contributed by atoms with E-state index in [2.05, 4.69) is 20.8 Å². The number of hydrogen-bond acceptors (Lipinski definition) is 3. The molecule has 0 aliphatic carbocycles. The second kappa shape index (κ2) is 6.09. The first-order valence-electron chi connectivity index (χ1n) is 6.22. The second-order valence-electron chi connectivity index (χ2n) is 4.71. The van der Waals surface area contributed by atoms with Crippen LogP contribution in [-0.2, 0) is 9.59 Å². The SMILES string of the molecule is NC(=O)C1CCN(c2ccc(/C=C/C(=O)O)c(Br)c2)C1. The van der Waals surface area contributed by atoms with Gasteiger partial charge in [0.05, 0.1) is 5.92 Å². The average molecular weight is 339 g/mol. The number of hydrogen-bond donors (Lipinski definition) is 2. The zero-order valence-electron chi connectivity index (χ0n) is 10.8. The Balaban J connectivity index is 2.14. The molecule has 1 aromatic carbocycles. The lowest BCUT2D eigenvalue weighted by Crippen LogP contribution is -2.27. The molecule has 106 valence electrons. The highest BCUT2D eigenvalue weighted by molar-refractivity contribution is 9.10. The molecule has 0 radical (unpaired) electrons. The van der Waals surface area contributed by atoms with Gasteiger partial charge in [0, 0.05) is 29.3 Å². The van der Waals surface area contributed by atoms with Crippen molar-refractivity contribution in [2.45, 2.75) is 6.42 Å². The highest BCUT2D eigenvalue weighted by Crippen LogP contribution is 2.29. The summed E-state index contributed by atoms with van der Waals surface area (Å²) in [5, 5.41) is 8.62. The van der Waals surface area contributed by atoms with Crippen molar-refractivity contribution < 1.29 is 14.7 Å². The first kappa shape index (κ1) is 14.6. The van der Waals surface area contributed by atoms with E-state index in [1.807, 2.05) is 18.2 Å². The van der Waals surface area contributed by atoms with Gasteiger partial charge in [-0.2, -0.15) is 0 Å². The zero-order valence-corrected chi connectivity index (χ0v) is 12.3. The summed E-state index contributed by atoms with van der Waals surface area (Å²) >= 11 is 3.43. The maximum Gasteiger partial charge on any atom is 0.328 e. The van der Waals surface area contributed by atoms with E-state index in [-0.39, 0.29) is 11.8 Å². The number of carboxylic acid groups (broad SMARTS) is 1. The van der Waals surface area contributed by atoms with E-state index >= 15 is 0 Å². The minimum atomic E-state index is -0.982. The molecule has 1 aliphatic heterocycles. The molecule has 1 heterocycles. The Morgan fingerprint density at radius 1 is 1.45 bits per heavy atom. The first-order chi connectivity index (χ1) is 9.47. The van der Waals surface area contributed by atoms with Crippen LogP contribution in [0.1, 0.15) is 12.0 Å². The highest BCUT2D eigenvalue weighted by Gasteiger charge is 2.26. The van der Waals surface area contributed by atoms with E-state index in [9.17, 15) is 9.59 Å². The van der Waals surface area contributed by atoms with E-state index < -0.39 is 5.97 Å². The third-order valence-corrected chi connectivity index (χ3v) is 4.03. The topological polar surface area (TPSA) is 83.6 Å². The molecular weight excluding hydrogens is 324 g/mol. The number of anilines is 1. The van der Waals surface area contributed by atoms with Gasteiger partial charge >= 0.3 is 5.97 Å². The fraction of sp³-hybridized carbons (Fsp3) is 0.286. The van der Waals surface area contributed by atoms with E-state index in [4.69, 9.17) is 10.8 Å². The van der Waals surface area contributed by atoms with Gasteiger partial charge < -0.3 is 15.7 Å². The van der Waals surface area contributed by atoms with Gasteiger partial charge in [-0.05, 0) is 30.2 Å². The molecular formula is C14H15BrN2O3. The second-order valence-corrected chi connectivity index (χ2v) is 5.57. The molecule has 20 heavy (non-hydrogen) atoms. The van der Waals surface area contributed by atoms with Crippen LogP contribution in [0.3, 0.4) is 0 Å². The van der Waals surface area contributed by atoms with Crippen molar-refractivity contribution in [3.05, 3.63) is 34.3 Å². The smallest absolute Gasteiger partial charge is 0.328 e. The monoisotopic (exact) mass is 338 g/mol. The summed E-state index contributed by atoms with van der Waals surface area (Å²) in [6.45, 7) is 1.43. The zero-order chi connectivity index (χ0) is 14.7. The number of nitrogens with two attached hydrogens (primary N) is 1. The molecule has 5 nitrogen and oxygen atoms in total. The van der Waals surface area contributed by atoms with Gasteiger partial charge in [-0.3, -0.25) is 4.79 Å². The van der Waals surface area contributed by atoms with Crippen LogP contribution in [-0.4, -0.2) is 30.1 Å². The Labute approximate surface area is 125 Å². The van der Waals surface area contributed by atoms with Gasteiger partial charge in [0.25, 0.3) is 0 Å². The van der Waals surface area contributed by atoms with E-state index in [0.29, 0.717) is 6.54 Å². The lowest BCUT2D eigenvalue weighted by molar-refractivity contribution is -0.131. The van der Waals surface area contributed by atoms with Gasteiger partial charge in [-0.15, -0.1) is 0 Å². The summed E-state index contributed by atoms with van der Waals surface area (Å²) in [5.74, 6) is -1.34. The van der Waals surface area contributed by atoms with Gasteiger partial charge in [0.1, 0.15) is 0 Å². The van der Waals surface area contributed by atoms with Crippen LogP contribution in [0.15, 0.2) is 28.7 Å². The van der Waals surface area contributed by atoms with Crippen molar-refractivity contribution in [2.24, 2.45) is 11.7 Å². The summed E-state index contributed by atoms with van der Waals surface area (Å²) in [6, 6.07) is 5.68. The average Bonchev–Trinajstić information content (AvgIpc) is 2.86. The first-order valence-corrected chi connectivity index (χ1v) is 7.01. The van der Waals surface area contributed by atoms with Crippen molar-refractivity contribution in [3.8, 4) is 0 Å². The lowest BCUT2D eigenvalue weighted by atomic mass is 10.1. The normalized spacial score (nSPS) is 18.6. The Bertz CT molecular complexity index is 572. The Morgan fingerprint density at radius 2 is 2.20 bits per heavy atom. The molecule has 1 unspecified atom stereocenters. The Morgan fingerprint density at radius 3 is 2.75 bits per heavy atom. The molecule has 3 N–H and O–H groups in total. The van der Waals surface area contributed by atoms with E-state index in [0.717, 1.165) is 34.8 Å². The number of carboxylic acids is 1. The fourth-order valence-corrected chi connectivity index (χ4v) is 2.73. The maximum absolute atomic E-state index is 11.2. The van der Waals surface area contributed by atoms with Crippen molar-refractivity contribution in [3.63, 3.8) is 0 Å². The number of aliphatic carboxylic acids is 1. The van der Waals surface area contributed by atoms with Crippen molar-refractivity contribution >= 4 is 39.6 Å². The Hall–Kier alpha value is -1.82. The molecule has 0 saturated carbocycles. The molecule has 2 rings (SSSR count). The van der Waals surface area contributed by atoms with Crippen LogP contribution in [0.2, 0.25) is 0 Å². The molecule has 1 aromatic rings. The number of rotatable bonds is 4. The number of halogens is 1. The van der Waals surface area contributed by atoms with E-state index in [1.54, 1.807) is 0 Å². The van der Waals surface area contributed by atoms with Gasteiger partial charge in [0.2, 0.25) is 5.91 Å². The van der Waals surface area contributed by atoms with E-state index in [1.165, 1.54) is 6.08 Å². The molecule has 1 saturated heterocycles. The van der Waals surface area contributed by atoms with Crippen LogP contribution in [0, 0.1) is 5.92 Å². The number of benzene rings is 1. The molecule has 1 aliphatic rings. The molecule has 0 spiro atoms. The Kier molecular flexibility index (Phi) is 4.44. The summed E-state index contributed by atoms with van der Waals surface area (Å²) in [7, 11) is 0. The predicted octanol–water partition coefficient (Wildman–Crippen LogP) is 1.86. The van der Waals surface area contributed by atoms with Gasteiger partial charge in [-0.1, -0.05) is 22.0 Å². The van der Waals surface area contributed by atoms with Gasteiger partial charge in [0.15, 0.2) is 0 Å². The molecule has 0 aromatic heterocycles. The number of primary amides is 1. The predicted molar refractivity (Wildman–Crippen MR) is 80.3 cm³/mol. The molecule has 1 amide bonds. The third-order valence-electron chi connectivity index (χ3n) is 3.35. The number of carbonyl (C=O) groups is 2. The minimum absolute atomic E-state index is 0.0969. The summed E-state index contributed by atoms with van der Waals surface area (Å²) in [6.07, 6.45) is 3.40. The molecule has 6 heteroatoms. The van der Waals surface area contributed by atoms with Crippen molar-refractivity contribution in [2.75, 3.05) is 18.0 Å². The number of amides is 1. The number of nitrogens with zero attached hydrogens (tertiary/aromatic N) is 1. The highest BCUT2D eigenvalue weighted by atomic mass is 79.9. The molecule has 1 atom stereocenters. The van der Waals surface area contributed by atoms with Gasteiger partial charge in [-0.25, -0.2) is 4.79 Å². The van der Waals surface area contributed by atoms with Crippen molar-refractivity contribution in [1.82, 2.24) is 0 Å². The lowest BCUT2D eigenvalue weighted by Gasteiger charge is -2.19. The standard InChI is InChI=1S/C14H15BrN2O3/c15-12-7-11(3-1-9(12)2-4-13(18)19)17-6-5-10(8-17)14(16)20/h1-4,7,10H,5-6,8H2,(H2,16,20)(H,18,19)/b4-2+. The summed E-state index contributed by atoms with van der Waals surface area (Å²) < 4.78 is 0.815. The largest absolute Gasteiger partial charge is 0.478 e. The number of carbonyl (C=O) groups excluding carboxylic acids is 1. The van der Waals surface area contributed by atoms with Crippen LogP contribution in [0.4, 0.5) is 5.69 Å². The van der Waals surface area contributed by atoms with Crippen LogP contribution < -0.4 is 10.6 Å². The summed E-state index contributed by atoms with van der Waals surface area (Å²) in [4.78, 5) is 23.8. The molecule has 1 fully saturated rings. The van der Waals surface area contributed by atoms with Crippen LogP contribution in [0.25, 0.3) is 6.08 Å². The fourth-order valence-electron chi connectivity index (χ4n) is 2.24. The van der Waals surface area contributed by atoms with Crippen LogP contribution in [0.5, 0.6) is 0 Å². The quantitative estimate of drug-likeness (QED) is 0.820. The maximum atomic E-state index is 11.2. The summed E-state index contributed by atoms with van der Waals surface area (Å²) in [5.41, 5.74) is 7.11.